The molecular weight excluding hydrogens is 267 g/mol. The van der Waals surface area contributed by atoms with Gasteiger partial charge in [0, 0.05) is 5.56 Å². The second-order valence-corrected chi connectivity index (χ2v) is 5.44. The zero-order chi connectivity index (χ0) is 14.4. The van der Waals surface area contributed by atoms with Gasteiger partial charge in [-0.1, -0.05) is 12.1 Å². The van der Waals surface area contributed by atoms with Crippen LogP contribution >= 0.6 is 0 Å². The number of fused-ring (bicyclic) bond motifs is 3. The van der Waals surface area contributed by atoms with Crippen molar-refractivity contribution in [1.29, 1.82) is 0 Å². The van der Waals surface area contributed by atoms with Crippen LogP contribution < -0.4 is 5.73 Å². The third-order valence-electron chi connectivity index (χ3n) is 4.18. The monoisotopic (exact) mass is 282 g/mol. The number of hydrogen-bond donors (Lipinski definition) is 2. The molecule has 106 valence electrons. The fourth-order valence-electron chi connectivity index (χ4n) is 3.22. The summed E-state index contributed by atoms with van der Waals surface area (Å²) in [6.07, 6.45) is 4.07. The molecule has 0 fully saturated rings. The summed E-state index contributed by atoms with van der Waals surface area (Å²) >= 11 is 0. The Bertz CT molecular complexity index is 838. The summed E-state index contributed by atoms with van der Waals surface area (Å²) in [7, 11) is 0. The summed E-state index contributed by atoms with van der Waals surface area (Å²) in [4.78, 5) is 4.58. The van der Waals surface area contributed by atoms with Crippen LogP contribution in [0.2, 0.25) is 0 Å². The highest BCUT2D eigenvalue weighted by Crippen LogP contribution is 2.36. The van der Waals surface area contributed by atoms with Gasteiger partial charge in [0.05, 0.1) is 11.1 Å². The summed E-state index contributed by atoms with van der Waals surface area (Å²) in [6.45, 7) is 0. The minimum Gasteiger partial charge on any atom is -0.384 e. The third kappa shape index (κ3) is 1.81. The van der Waals surface area contributed by atoms with Gasteiger partial charge in [0.2, 0.25) is 0 Å². The minimum absolute atomic E-state index is 0.249. The van der Waals surface area contributed by atoms with Crippen molar-refractivity contribution in [1.82, 2.24) is 15.2 Å². The van der Waals surface area contributed by atoms with Gasteiger partial charge in [-0.05, 0) is 48.9 Å². The zero-order valence-electron chi connectivity index (χ0n) is 11.5. The van der Waals surface area contributed by atoms with Crippen molar-refractivity contribution in [3.63, 3.8) is 0 Å². The van der Waals surface area contributed by atoms with Crippen molar-refractivity contribution in [2.75, 3.05) is 5.73 Å². The van der Waals surface area contributed by atoms with E-state index in [9.17, 15) is 4.39 Å². The van der Waals surface area contributed by atoms with E-state index in [4.69, 9.17) is 5.73 Å². The Kier molecular flexibility index (Phi) is 2.67. The molecule has 1 aliphatic rings. The van der Waals surface area contributed by atoms with Crippen molar-refractivity contribution < 1.29 is 4.39 Å². The molecule has 4 nitrogen and oxygen atoms in total. The molecule has 0 unspecified atom stereocenters. The number of halogens is 1. The lowest BCUT2D eigenvalue weighted by Gasteiger charge is -2.20. The van der Waals surface area contributed by atoms with Gasteiger partial charge < -0.3 is 5.73 Å². The Hall–Kier alpha value is -2.43. The smallest absolute Gasteiger partial charge is 0.183 e. The fourth-order valence-corrected chi connectivity index (χ4v) is 3.22. The normalized spacial score (nSPS) is 14.3. The number of hydrogen-bond acceptors (Lipinski definition) is 3. The van der Waals surface area contributed by atoms with Crippen molar-refractivity contribution in [3.05, 3.63) is 41.2 Å². The molecule has 0 atom stereocenters. The van der Waals surface area contributed by atoms with Gasteiger partial charge in [-0.2, -0.15) is 5.10 Å². The molecule has 21 heavy (non-hydrogen) atoms. The summed E-state index contributed by atoms with van der Waals surface area (Å²) in [6, 6.07) is 6.76. The number of nitrogens with one attached hydrogen (secondary N) is 1. The van der Waals surface area contributed by atoms with E-state index in [0.29, 0.717) is 22.7 Å². The second-order valence-electron chi connectivity index (χ2n) is 5.44. The van der Waals surface area contributed by atoms with Crippen LogP contribution in [0.3, 0.4) is 0 Å². The highest BCUT2D eigenvalue weighted by Gasteiger charge is 2.23. The van der Waals surface area contributed by atoms with Crippen molar-refractivity contribution in [2.45, 2.75) is 25.7 Å². The van der Waals surface area contributed by atoms with Crippen LogP contribution in [0.25, 0.3) is 22.3 Å². The first kappa shape index (κ1) is 12.3. The number of pyridine rings is 1. The summed E-state index contributed by atoms with van der Waals surface area (Å²) in [5, 5.41) is 7.86. The molecule has 0 aliphatic heterocycles. The standard InChI is InChI=1S/C16H15FN4/c17-12-8-4-3-7-11(12)14-10-6-2-1-5-9(10)13-15(18)20-21-16(13)19-14/h3-4,7-8H,1-2,5-6H2,(H3,18,19,20,21). The van der Waals surface area contributed by atoms with Crippen LogP contribution in [0.5, 0.6) is 0 Å². The molecule has 0 radical (unpaired) electrons. The fraction of sp³-hybridized carbons (Fsp3) is 0.250. The van der Waals surface area contributed by atoms with Crippen molar-refractivity contribution in [3.8, 4) is 11.3 Å². The largest absolute Gasteiger partial charge is 0.384 e. The zero-order valence-corrected chi connectivity index (χ0v) is 11.5. The van der Waals surface area contributed by atoms with E-state index in [2.05, 4.69) is 15.2 Å². The summed E-state index contributed by atoms with van der Waals surface area (Å²) < 4.78 is 14.2. The molecule has 3 aromatic rings. The summed E-state index contributed by atoms with van der Waals surface area (Å²) in [5.74, 6) is 0.302. The average molecular weight is 282 g/mol. The number of benzene rings is 1. The Morgan fingerprint density at radius 2 is 1.86 bits per heavy atom. The number of aromatic nitrogens is 3. The minimum atomic E-state index is -0.249. The molecule has 0 saturated heterocycles. The van der Waals surface area contributed by atoms with Gasteiger partial charge >= 0.3 is 0 Å². The number of aryl methyl sites for hydroxylation is 1. The molecule has 4 rings (SSSR count). The number of H-pyrrole nitrogens is 1. The SMILES string of the molecule is Nc1[nH]nc2nc(-c3ccccc3F)c3c(c12)CCCC3. The molecule has 2 heterocycles. The number of aromatic amines is 1. The Morgan fingerprint density at radius 1 is 1.10 bits per heavy atom. The van der Waals surface area contributed by atoms with E-state index >= 15 is 0 Å². The number of nitrogens with two attached hydrogens (primary N) is 1. The van der Waals surface area contributed by atoms with Gasteiger partial charge in [0.1, 0.15) is 11.6 Å². The number of nitrogens with zero attached hydrogens (tertiary/aromatic N) is 2. The van der Waals surface area contributed by atoms with E-state index < -0.39 is 0 Å². The number of anilines is 1. The molecular formula is C16H15FN4. The lowest BCUT2D eigenvalue weighted by atomic mass is 9.87. The van der Waals surface area contributed by atoms with Gasteiger partial charge in [-0.15, -0.1) is 0 Å². The van der Waals surface area contributed by atoms with E-state index in [-0.39, 0.29) is 5.82 Å². The predicted octanol–water partition coefficient (Wildman–Crippen LogP) is 3.23. The highest BCUT2D eigenvalue weighted by atomic mass is 19.1. The molecule has 3 N–H and O–H groups in total. The number of nitrogen functional groups attached to an aromatic ring is 1. The van der Waals surface area contributed by atoms with Crippen LogP contribution in [0, 0.1) is 5.82 Å². The number of rotatable bonds is 1. The lowest BCUT2D eigenvalue weighted by Crippen LogP contribution is -2.08. The highest BCUT2D eigenvalue weighted by molar-refractivity contribution is 5.93. The van der Waals surface area contributed by atoms with Crippen LogP contribution in [0.4, 0.5) is 10.2 Å². The lowest BCUT2D eigenvalue weighted by molar-refractivity contribution is 0.629. The van der Waals surface area contributed by atoms with Crippen LogP contribution in [0.15, 0.2) is 24.3 Å². The maximum atomic E-state index is 14.2. The van der Waals surface area contributed by atoms with Gasteiger partial charge in [-0.3, -0.25) is 5.10 Å². The Labute approximate surface area is 121 Å². The molecule has 0 spiro atoms. The third-order valence-corrected chi connectivity index (χ3v) is 4.18. The molecule has 0 bridgehead atoms. The molecule has 0 saturated carbocycles. The van der Waals surface area contributed by atoms with Gasteiger partial charge in [0.15, 0.2) is 5.65 Å². The maximum absolute atomic E-state index is 14.2. The van der Waals surface area contributed by atoms with Crippen molar-refractivity contribution in [2.24, 2.45) is 0 Å². The van der Waals surface area contributed by atoms with Gasteiger partial charge in [0.25, 0.3) is 0 Å². The van der Waals surface area contributed by atoms with Crippen LogP contribution in [-0.4, -0.2) is 15.2 Å². The average Bonchev–Trinajstić information content (AvgIpc) is 2.89. The molecule has 0 amide bonds. The van der Waals surface area contributed by atoms with E-state index in [1.54, 1.807) is 12.1 Å². The summed E-state index contributed by atoms with van der Waals surface area (Å²) in [5.41, 5.74) is 10.1. The van der Waals surface area contributed by atoms with Gasteiger partial charge in [-0.25, -0.2) is 9.37 Å². The van der Waals surface area contributed by atoms with Crippen molar-refractivity contribution >= 4 is 16.9 Å². The quantitative estimate of drug-likeness (QED) is 0.720. The maximum Gasteiger partial charge on any atom is 0.183 e. The second kappa shape index (κ2) is 4.55. The van der Waals surface area contributed by atoms with Crippen LogP contribution in [-0.2, 0) is 12.8 Å². The van der Waals surface area contributed by atoms with E-state index in [1.807, 2.05) is 6.07 Å². The van der Waals surface area contributed by atoms with E-state index in [1.165, 1.54) is 11.6 Å². The first-order chi connectivity index (χ1) is 10.3. The molecule has 5 heteroatoms. The topological polar surface area (TPSA) is 67.6 Å². The molecule has 2 aromatic heterocycles. The van der Waals surface area contributed by atoms with E-state index in [0.717, 1.165) is 36.6 Å². The molecule has 1 aromatic carbocycles. The molecule has 1 aliphatic carbocycles. The van der Waals surface area contributed by atoms with Crippen LogP contribution in [0.1, 0.15) is 24.0 Å². The first-order valence-electron chi connectivity index (χ1n) is 7.16. The predicted molar refractivity (Wildman–Crippen MR) is 80.3 cm³/mol. The Morgan fingerprint density at radius 3 is 2.67 bits per heavy atom. The first-order valence-corrected chi connectivity index (χ1v) is 7.16. The Balaban J connectivity index is 2.08.